The highest BCUT2D eigenvalue weighted by atomic mass is 19.1. The zero-order valence-electron chi connectivity index (χ0n) is 16.0. The minimum Gasteiger partial charge on any atom is -0.335 e. The van der Waals surface area contributed by atoms with E-state index in [0.717, 1.165) is 23.0 Å². The maximum atomic E-state index is 13.2. The first-order valence-electron chi connectivity index (χ1n) is 9.61. The van der Waals surface area contributed by atoms with Gasteiger partial charge in [-0.05, 0) is 48.9 Å². The highest BCUT2D eigenvalue weighted by Crippen LogP contribution is 2.27. The van der Waals surface area contributed by atoms with E-state index in [1.807, 2.05) is 29.4 Å². The van der Waals surface area contributed by atoms with Gasteiger partial charge < -0.3 is 9.47 Å². The summed E-state index contributed by atoms with van der Waals surface area (Å²) in [4.78, 5) is 19.5. The normalized spacial score (nSPS) is 16.6. The fraction of sp³-hybridized carbons (Fsp3) is 0.227. The molecule has 0 bridgehead atoms. The van der Waals surface area contributed by atoms with Crippen LogP contribution in [0.5, 0.6) is 0 Å². The second-order valence-corrected chi connectivity index (χ2v) is 7.38. The molecule has 0 spiro atoms. The Labute approximate surface area is 167 Å². The molecule has 1 amide bonds. The van der Waals surface area contributed by atoms with Gasteiger partial charge in [0.25, 0.3) is 5.91 Å². The minimum absolute atomic E-state index is 0.0414. The maximum absolute atomic E-state index is 13.2. The lowest BCUT2D eigenvalue weighted by atomic mass is 10.1. The Balaban J connectivity index is 1.37. The molecule has 2 aromatic carbocycles. The van der Waals surface area contributed by atoms with E-state index in [1.54, 1.807) is 29.9 Å². The predicted molar refractivity (Wildman–Crippen MR) is 108 cm³/mol. The molecule has 1 saturated heterocycles. The Bertz CT molecular complexity index is 1190. The van der Waals surface area contributed by atoms with Gasteiger partial charge in [-0.3, -0.25) is 9.48 Å². The largest absolute Gasteiger partial charge is 0.335 e. The number of carbonyl (C=O) groups excluding carboxylic acids is 1. The summed E-state index contributed by atoms with van der Waals surface area (Å²) in [6.45, 7) is 1.32. The van der Waals surface area contributed by atoms with E-state index in [9.17, 15) is 9.18 Å². The molecular formula is C22H20FN5O. The van der Waals surface area contributed by atoms with Crippen LogP contribution in [-0.2, 0) is 7.05 Å². The van der Waals surface area contributed by atoms with Crippen LogP contribution in [0.2, 0.25) is 0 Å². The van der Waals surface area contributed by atoms with Crippen molar-refractivity contribution in [3.8, 4) is 11.3 Å². The van der Waals surface area contributed by atoms with Crippen molar-refractivity contribution in [3.63, 3.8) is 0 Å². The molecule has 1 fully saturated rings. The molecule has 3 heterocycles. The molecular weight excluding hydrogens is 369 g/mol. The first-order chi connectivity index (χ1) is 14.1. The summed E-state index contributed by atoms with van der Waals surface area (Å²) < 4.78 is 16.9. The van der Waals surface area contributed by atoms with E-state index in [2.05, 4.69) is 20.7 Å². The van der Waals surface area contributed by atoms with Gasteiger partial charge in [0.1, 0.15) is 11.5 Å². The number of nitrogens with zero attached hydrogens (tertiary/aromatic N) is 5. The quantitative estimate of drug-likeness (QED) is 0.537. The van der Waals surface area contributed by atoms with Crippen molar-refractivity contribution in [2.45, 2.75) is 12.5 Å². The summed E-state index contributed by atoms with van der Waals surface area (Å²) in [5.41, 5.74) is 4.02. The molecule has 4 aromatic rings. The Morgan fingerprint density at radius 3 is 2.76 bits per heavy atom. The first kappa shape index (κ1) is 17.6. The molecule has 0 radical (unpaired) electrons. The molecule has 2 aromatic heterocycles. The van der Waals surface area contributed by atoms with Crippen LogP contribution in [0.1, 0.15) is 23.0 Å². The number of para-hydroxylation sites is 2. The maximum Gasteiger partial charge on any atom is 0.272 e. The number of likely N-dealkylation sites (tertiary alicyclic amines) is 1. The lowest BCUT2D eigenvalue weighted by molar-refractivity contribution is 0.0777. The number of fused-ring (bicyclic) bond motifs is 1. The molecule has 1 aliphatic heterocycles. The number of rotatable bonds is 3. The van der Waals surface area contributed by atoms with Crippen LogP contribution >= 0.6 is 0 Å². The van der Waals surface area contributed by atoms with Gasteiger partial charge in [-0.1, -0.05) is 12.1 Å². The number of hydrogen-bond donors (Lipinski definition) is 0. The smallest absolute Gasteiger partial charge is 0.272 e. The minimum atomic E-state index is -0.295. The third-order valence-electron chi connectivity index (χ3n) is 5.56. The van der Waals surface area contributed by atoms with Crippen molar-refractivity contribution in [1.29, 1.82) is 0 Å². The number of benzene rings is 2. The van der Waals surface area contributed by atoms with Crippen molar-refractivity contribution in [2.75, 3.05) is 13.1 Å². The number of hydrogen-bond acceptors (Lipinski definition) is 3. The topological polar surface area (TPSA) is 56.0 Å². The standard InChI is InChI=1S/C22H20FN5O/c1-26-21(12-19(25-26)15-6-8-16(23)9-7-15)22(29)27-11-10-17(13-27)28-14-24-18-4-2-3-5-20(18)28/h2-9,12,14,17H,10-11,13H2,1H3/t17-/m1/s1. The summed E-state index contributed by atoms with van der Waals surface area (Å²) in [6.07, 6.45) is 2.74. The summed E-state index contributed by atoms with van der Waals surface area (Å²) in [5.74, 6) is -0.337. The molecule has 1 atom stereocenters. The van der Waals surface area contributed by atoms with Crippen LogP contribution in [0.3, 0.4) is 0 Å². The van der Waals surface area contributed by atoms with Gasteiger partial charge in [0.05, 0.1) is 29.1 Å². The third-order valence-corrected chi connectivity index (χ3v) is 5.56. The SMILES string of the molecule is Cn1nc(-c2ccc(F)cc2)cc1C(=O)N1CC[C@@H](n2cnc3ccccc32)C1. The molecule has 0 saturated carbocycles. The fourth-order valence-corrected chi connectivity index (χ4v) is 4.01. The molecule has 0 unspecified atom stereocenters. The van der Waals surface area contributed by atoms with Crippen molar-refractivity contribution in [2.24, 2.45) is 7.05 Å². The first-order valence-corrected chi connectivity index (χ1v) is 9.61. The molecule has 0 N–H and O–H groups in total. The Kier molecular flexibility index (Phi) is 4.16. The zero-order valence-corrected chi connectivity index (χ0v) is 16.0. The van der Waals surface area contributed by atoms with E-state index in [4.69, 9.17) is 0 Å². The van der Waals surface area contributed by atoms with Gasteiger partial charge >= 0.3 is 0 Å². The van der Waals surface area contributed by atoms with Crippen LogP contribution in [0.4, 0.5) is 4.39 Å². The average molecular weight is 389 g/mol. The van der Waals surface area contributed by atoms with Gasteiger partial charge in [-0.15, -0.1) is 0 Å². The molecule has 7 heteroatoms. The van der Waals surface area contributed by atoms with Gasteiger partial charge in [-0.2, -0.15) is 5.10 Å². The molecule has 0 aliphatic carbocycles. The van der Waals surface area contributed by atoms with Crippen molar-refractivity contribution in [3.05, 3.63) is 72.4 Å². The number of halogens is 1. The van der Waals surface area contributed by atoms with Gasteiger partial charge in [0.2, 0.25) is 0 Å². The average Bonchev–Trinajstić information content (AvgIpc) is 3.46. The fourth-order valence-electron chi connectivity index (χ4n) is 4.01. The van der Waals surface area contributed by atoms with Gasteiger partial charge in [0.15, 0.2) is 0 Å². The summed E-state index contributed by atoms with van der Waals surface area (Å²) in [5, 5.41) is 4.44. The van der Waals surface area contributed by atoms with Crippen LogP contribution in [0, 0.1) is 5.82 Å². The highest BCUT2D eigenvalue weighted by Gasteiger charge is 2.30. The van der Waals surface area contributed by atoms with Gasteiger partial charge in [-0.25, -0.2) is 9.37 Å². The molecule has 6 nitrogen and oxygen atoms in total. The second-order valence-electron chi connectivity index (χ2n) is 7.38. The zero-order chi connectivity index (χ0) is 20.0. The van der Waals surface area contributed by atoms with Gasteiger partial charge in [0, 0.05) is 25.7 Å². The predicted octanol–water partition coefficient (Wildman–Crippen LogP) is 3.66. The molecule has 5 rings (SSSR count). The molecule has 1 aliphatic rings. The summed E-state index contributed by atoms with van der Waals surface area (Å²) in [6, 6.07) is 16.1. The number of aryl methyl sites for hydroxylation is 1. The van der Waals surface area contributed by atoms with Crippen molar-refractivity contribution < 1.29 is 9.18 Å². The number of amides is 1. The third kappa shape index (κ3) is 3.08. The Hall–Kier alpha value is -3.48. The van der Waals surface area contributed by atoms with Crippen LogP contribution in [0.15, 0.2) is 60.9 Å². The van der Waals surface area contributed by atoms with Crippen molar-refractivity contribution in [1.82, 2.24) is 24.2 Å². The lowest BCUT2D eigenvalue weighted by Crippen LogP contribution is -2.30. The van der Waals surface area contributed by atoms with Crippen LogP contribution in [0.25, 0.3) is 22.3 Å². The number of aromatic nitrogens is 4. The highest BCUT2D eigenvalue weighted by molar-refractivity contribution is 5.94. The molecule has 146 valence electrons. The van der Waals surface area contributed by atoms with E-state index in [1.165, 1.54) is 12.1 Å². The summed E-state index contributed by atoms with van der Waals surface area (Å²) >= 11 is 0. The van der Waals surface area contributed by atoms with Crippen LogP contribution in [-0.4, -0.2) is 43.2 Å². The van der Waals surface area contributed by atoms with E-state index < -0.39 is 0 Å². The lowest BCUT2D eigenvalue weighted by Gasteiger charge is -2.17. The number of carbonyl (C=O) groups is 1. The number of imidazole rings is 1. The monoisotopic (exact) mass is 389 g/mol. The van der Waals surface area contributed by atoms with Crippen molar-refractivity contribution >= 4 is 16.9 Å². The summed E-state index contributed by atoms with van der Waals surface area (Å²) in [7, 11) is 1.76. The Morgan fingerprint density at radius 2 is 1.93 bits per heavy atom. The van der Waals surface area contributed by atoms with E-state index in [0.29, 0.717) is 24.5 Å². The molecule has 29 heavy (non-hydrogen) atoms. The van der Waals surface area contributed by atoms with Crippen LogP contribution < -0.4 is 0 Å². The van der Waals surface area contributed by atoms with E-state index in [-0.39, 0.29) is 17.8 Å². The van der Waals surface area contributed by atoms with E-state index >= 15 is 0 Å². The second kappa shape index (κ2) is 6.84. The Morgan fingerprint density at radius 1 is 1.14 bits per heavy atom.